The third-order valence-electron chi connectivity index (χ3n) is 2.38. The van der Waals surface area contributed by atoms with Gasteiger partial charge in [-0.3, -0.25) is 0 Å². The lowest BCUT2D eigenvalue weighted by Gasteiger charge is -2.22. The quantitative estimate of drug-likeness (QED) is 0.703. The minimum absolute atomic E-state index is 0.463. The van der Waals surface area contributed by atoms with Crippen LogP contribution in [0.15, 0.2) is 18.2 Å². The summed E-state index contributed by atoms with van der Waals surface area (Å²) in [5.74, 6) is 1.42. The average Bonchev–Trinajstić information content (AvgIpc) is 2.40. The molecule has 0 radical (unpaired) electrons. The Balaban J connectivity index is 2.75. The Morgan fingerprint density at radius 1 is 1.39 bits per heavy atom. The van der Waals surface area contributed by atoms with Gasteiger partial charge in [-0.15, -0.1) is 0 Å². The molecule has 1 aromatic rings. The second-order valence-corrected chi connectivity index (χ2v) is 3.65. The lowest BCUT2D eigenvalue weighted by Crippen LogP contribution is -2.29. The molecule has 0 N–H and O–H groups in total. The summed E-state index contributed by atoms with van der Waals surface area (Å²) in [4.78, 5) is 6.43. The molecular weight excluding hydrogens is 230 g/mol. The lowest BCUT2D eigenvalue weighted by atomic mass is 10.3. The van der Waals surface area contributed by atoms with Gasteiger partial charge in [-0.1, -0.05) is 6.07 Å². The van der Waals surface area contributed by atoms with E-state index in [2.05, 4.69) is 11.1 Å². The summed E-state index contributed by atoms with van der Waals surface area (Å²) < 4.78 is 10.4. The maximum atomic E-state index is 8.67. The van der Waals surface area contributed by atoms with Crippen molar-refractivity contribution in [3.8, 4) is 11.9 Å². The van der Waals surface area contributed by atoms with Gasteiger partial charge >= 0.3 is 0 Å². The van der Waals surface area contributed by atoms with Crippen LogP contribution in [0.3, 0.4) is 0 Å². The molecule has 0 aliphatic heterocycles. The summed E-state index contributed by atoms with van der Waals surface area (Å²) in [5.41, 5.74) is 0. The fraction of sp³-hybridized carbons (Fsp3) is 0.538. The number of methoxy groups -OCH3 is 1. The van der Waals surface area contributed by atoms with E-state index in [0.29, 0.717) is 38.6 Å². The second-order valence-electron chi connectivity index (χ2n) is 3.65. The van der Waals surface area contributed by atoms with Crippen molar-refractivity contribution in [1.29, 1.82) is 5.26 Å². The summed E-state index contributed by atoms with van der Waals surface area (Å²) in [6.07, 6.45) is 0.463. The van der Waals surface area contributed by atoms with E-state index in [1.54, 1.807) is 7.11 Å². The molecule has 0 spiro atoms. The summed E-state index contributed by atoms with van der Waals surface area (Å²) in [6.45, 7) is 4.47. The predicted molar refractivity (Wildman–Crippen MR) is 69.7 cm³/mol. The van der Waals surface area contributed by atoms with Gasteiger partial charge in [0.05, 0.1) is 25.7 Å². The number of ether oxygens (including phenoxy) is 2. The first-order chi connectivity index (χ1) is 8.81. The fourth-order valence-electron chi connectivity index (χ4n) is 1.54. The van der Waals surface area contributed by atoms with Gasteiger partial charge < -0.3 is 14.4 Å². The molecule has 5 nitrogen and oxygen atoms in total. The highest BCUT2D eigenvalue weighted by Crippen LogP contribution is 2.16. The standard InChI is InChI=1S/C13H19N3O2/c1-3-18-13-7-4-6-12(15-13)16(9-5-8-14)10-11-17-2/h4,6-7H,3,5,9-11H2,1-2H3. The van der Waals surface area contributed by atoms with Gasteiger partial charge in [-0.25, -0.2) is 0 Å². The van der Waals surface area contributed by atoms with Gasteiger partial charge in [-0.05, 0) is 13.0 Å². The van der Waals surface area contributed by atoms with Crippen molar-refractivity contribution in [3.05, 3.63) is 18.2 Å². The molecule has 0 unspecified atom stereocenters. The van der Waals surface area contributed by atoms with Crippen molar-refractivity contribution < 1.29 is 9.47 Å². The van der Waals surface area contributed by atoms with Crippen LogP contribution < -0.4 is 9.64 Å². The van der Waals surface area contributed by atoms with Crippen LogP contribution in [0.4, 0.5) is 5.82 Å². The highest BCUT2D eigenvalue weighted by atomic mass is 16.5. The number of nitrogens with zero attached hydrogens (tertiary/aromatic N) is 3. The normalized spacial score (nSPS) is 9.83. The van der Waals surface area contributed by atoms with E-state index < -0.39 is 0 Å². The minimum atomic E-state index is 0.463. The van der Waals surface area contributed by atoms with Crippen LogP contribution >= 0.6 is 0 Å². The summed E-state index contributed by atoms with van der Waals surface area (Å²) in [6, 6.07) is 7.78. The van der Waals surface area contributed by atoms with Crippen molar-refractivity contribution in [2.75, 3.05) is 38.3 Å². The number of rotatable bonds is 8. The molecule has 0 aromatic carbocycles. The van der Waals surface area contributed by atoms with Crippen molar-refractivity contribution >= 4 is 5.82 Å². The van der Waals surface area contributed by atoms with Gasteiger partial charge in [-0.2, -0.15) is 10.2 Å². The maximum Gasteiger partial charge on any atom is 0.215 e. The molecule has 1 aromatic heterocycles. The Morgan fingerprint density at radius 2 is 2.22 bits per heavy atom. The average molecular weight is 249 g/mol. The van der Waals surface area contributed by atoms with Crippen LogP contribution in [0.2, 0.25) is 0 Å². The number of hydrogen-bond donors (Lipinski definition) is 0. The van der Waals surface area contributed by atoms with Crippen LogP contribution in [0.25, 0.3) is 0 Å². The SMILES string of the molecule is CCOc1cccc(N(CCC#N)CCOC)n1. The molecule has 0 amide bonds. The van der Waals surface area contributed by atoms with E-state index in [4.69, 9.17) is 14.7 Å². The van der Waals surface area contributed by atoms with E-state index >= 15 is 0 Å². The fourth-order valence-corrected chi connectivity index (χ4v) is 1.54. The molecule has 0 fully saturated rings. The first kappa shape index (κ1) is 14.3. The molecule has 0 aliphatic rings. The highest BCUT2D eigenvalue weighted by molar-refractivity contribution is 5.40. The molecule has 1 rings (SSSR count). The molecule has 0 atom stereocenters. The molecule has 1 heterocycles. The van der Waals surface area contributed by atoms with Gasteiger partial charge in [0.2, 0.25) is 5.88 Å². The number of nitriles is 1. The zero-order valence-electron chi connectivity index (χ0n) is 10.9. The van der Waals surface area contributed by atoms with Crippen LogP contribution in [0.1, 0.15) is 13.3 Å². The highest BCUT2D eigenvalue weighted by Gasteiger charge is 2.08. The number of hydrogen-bond acceptors (Lipinski definition) is 5. The van der Waals surface area contributed by atoms with Crippen LogP contribution in [-0.4, -0.2) is 38.4 Å². The predicted octanol–water partition coefficient (Wildman–Crippen LogP) is 1.85. The molecule has 5 heteroatoms. The first-order valence-corrected chi connectivity index (χ1v) is 6.02. The minimum Gasteiger partial charge on any atom is -0.478 e. The van der Waals surface area contributed by atoms with Crippen LogP contribution in [0.5, 0.6) is 5.88 Å². The number of anilines is 1. The van der Waals surface area contributed by atoms with E-state index in [1.165, 1.54) is 0 Å². The van der Waals surface area contributed by atoms with Gasteiger partial charge in [0, 0.05) is 26.3 Å². The summed E-state index contributed by atoms with van der Waals surface area (Å²) in [7, 11) is 1.66. The molecule has 0 saturated carbocycles. The van der Waals surface area contributed by atoms with Crippen molar-refractivity contribution in [3.63, 3.8) is 0 Å². The number of aromatic nitrogens is 1. The van der Waals surface area contributed by atoms with Crippen LogP contribution in [-0.2, 0) is 4.74 Å². The van der Waals surface area contributed by atoms with E-state index in [1.807, 2.05) is 30.0 Å². The van der Waals surface area contributed by atoms with E-state index in [9.17, 15) is 0 Å². The Labute approximate surface area is 108 Å². The Bertz CT molecular complexity index is 390. The zero-order valence-corrected chi connectivity index (χ0v) is 10.9. The zero-order chi connectivity index (χ0) is 13.2. The molecule has 0 saturated heterocycles. The molecule has 0 bridgehead atoms. The Hall–Kier alpha value is -1.80. The maximum absolute atomic E-state index is 8.67. The Morgan fingerprint density at radius 3 is 2.89 bits per heavy atom. The van der Waals surface area contributed by atoms with Crippen molar-refractivity contribution in [2.24, 2.45) is 0 Å². The topological polar surface area (TPSA) is 58.4 Å². The summed E-state index contributed by atoms with van der Waals surface area (Å²) in [5, 5.41) is 8.67. The van der Waals surface area contributed by atoms with Crippen LogP contribution in [0, 0.1) is 11.3 Å². The molecular formula is C13H19N3O2. The third kappa shape index (κ3) is 4.60. The Kier molecular flexibility index (Phi) is 6.59. The molecule has 0 aliphatic carbocycles. The summed E-state index contributed by atoms with van der Waals surface area (Å²) >= 11 is 0. The second kappa shape index (κ2) is 8.31. The smallest absolute Gasteiger partial charge is 0.215 e. The van der Waals surface area contributed by atoms with Gasteiger partial charge in [0.25, 0.3) is 0 Å². The number of pyridine rings is 1. The monoisotopic (exact) mass is 249 g/mol. The van der Waals surface area contributed by atoms with E-state index in [0.717, 1.165) is 5.82 Å². The van der Waals surface area contributed by atoms with E-state index in [-0.39, 0.29) is 0 Å². The van der Waals surface area contributed by atoms with Gasteiger partial charge in [0.15, 0.2) is 0 Å². The lowest BCUT2D eigenvalue weighted by molar-refractivity contribution is 0.205. The molecule has 18 heavy (non-hydrogen) atoms. The molecule has 98 valence electrons. The largest absolute Gasteiger partial charge is 0.478 e. The third-order valence-corrected chi connectivity index (χ3v) is 2.38. The van der Waals surface area contributed by atoms with Gasteiger partial charge in [0.1, 0.15) is 5.82 Å². The van der Waals surface area contributed by atoms with Crippen molar-refractivity contribution in [2.45, 2.75) is 13.3 Å². The first-order valence-electron chi connectivity index (χ1n) is 6.02. The van der Waals surface area contributed by atoms with Crippen molar-refractivity contribution in [1.82, 2.24) is 4.98 Å².